The van der Waals surface area contributed by atoms with E-state index in [2.05, 4.69) is 10.3 Å². The molecule has 0 saturated heterocycles. The number of fused-ring (bicyclic) bond motifs is 1. The van der Waals surface area contributed by atoms with Crippen molar-refractivity contribution in [1.82, 2.24) is 10.3 Å². The zero-order chi connectivity index (χ0) is 13.8. The highest BCUT2D eigenvalue weighted by molar-refractivity contribution is 5.81. The van der Waals surface area contributed by atoms with Crippen LogP contribution in [0.4, 0.5) is 0 Å². The predicted molar refractivity (Wildman–Crippen MR) is 72.4 cm³/mol. The molecule has 3 rings (SSSR count). The van der Waals surface area contributed by atoms with E-state index < -0.39 is 6.10 Å². The number of nitrogens with one attached hydrogen (secondary N) is 1. The van der Waals surface area contributed by atoms with Crippen molar-refractivity contribution in [2.24, 2.45) is 0 Å². The van der Waals surface area contributed by atoms with Gasteiger partial charge in [0.1, 0.15) is 6.61 Å². The summed E-state index contributed by atoms with van der Waals surface area (Å²) in [6, 6.07) is 12.9. The summed E-state index contributed by atoms with van der Waals surface area (Å²) in [5, 5.41) is 2.79. The summed E-state index contributed by atoms with van der Waals surface area (Å²) in [5.41, 5.74) is 0.804. The van der Waals surface area contributed by atoms with Crippen LogP contribution < -0.4 is 14.8 Å². The fraction of sp³-hybridized carbons (Fsp3) is 0.200. The number of hydrogen-bond donors (Lipinski definition) is 1. The van der Waals surface area contributed by atoms with E-state index in [0.717, 1.165) is 5.69 Å². The Morgan fingerprint density at radius 3 is 2.80 bits per heavy atom. The lowest BCUT2D eigenvalue weighted by atomic mass is 10.2. The number of carbonyl (C=O) groups excluding carboxylic acids is 1. The lowest BCUT2D eigenvalue weighted by molar-refractivity contribution is -0.130. The second-order valence-corrected chi connectivity index (χ2v) is 4.40. The molecule has 0 unspecified atom stereocenters. The van der Waals surface area contributed by atoms with Gasteiger partial charge in [0, 0.05) is 6.20 Å². The largest absolute Gasteiger partial charge is 0.485 e. The van der Waals surface area contributed by atoms with Gasteiger partial charge in [-0.3, -0.25) is 9.78 Å². The molecule has 0 aliphatic carbocycles. The summed E-state index contributed by atoms with van der Waals surface area (Å²) in [5.74, 6) is 1.06. The molecule has 5 heteroatoms. The first-order chi connectivity index (χ1) is 9.83. The molecule has 5 nitrogen and oxygen atoms in total. The Morgan fingerprint density at radius 1 is 1.20 bits per heavy atom. The zero-order valence-electron chi connectivity index (χ0n) is 10.8. The summed E-state index contributed by atoms with van der Waals surface area (Å²) in [6.45, 7) is 0.590. The standard InChI is InChI=1S/C15H14N2O3/c18-15(17-9-11-5-3-4-8-16-11)14-10-19-12-6-1-2-7-13(12)20-14/h1-8,14H,9-10H2,(H,17,18)/t14-/m1/s1. The number of pyridine rings is 1. The number of rotatable bonds is 3. The van der Waals surface area contributed by atoms with E-state index in [1.54, 1.807) is 12.3 Å². The molecule has 1 N–H and O–H groups in total. The third-order valence-corrected chi connectivity index (χ3v) is 2.97. The Bertz CT molecular complexity index is 601. The second-order valence-electron chi connectivity index (χ2n) is 4.40. The molecule has 1 aliphatic rings. The molecule has 1 aliphatic heterocycles. The molecule has 2 heterocycles. The minimum absolute atomic E-state index is 0.204. The zero-order valence-corrected chi connectivity index (χ0v) is 10.8. The van der Waals surface area contributed by atoms with Crippen LogP contribution >= 0.6 is 0 Å². The monoisotopic (exact) mass is 270 g/mol. The van der Waals surface area contributed by atoms with Crippen molar-refractivity contribution >= 4 is 5.91 Å². The third kappa shape index (κ3) is 2.71. The molecular formula is C15H14N2O3. The average molecular weight is 270 g/mol. The van der Waals surface area contributed by atoms with Crippen molar-refractivity contribution < 1.29 is 14.3 Å². The fourth-order valence-corrected chi connectivity index (χ4v) is 1.94. The number of hydrogen-bond acceptors (Lipinski definition) is 4. The van der Waals surface area contributed by atoms with Crippen LogP contribution in [0.3, 0.4) is 0 Å². The highest BCUT2D eigenvalue weighted by Crippen LogP contribution is 2.30. The maximum absolute atomic E-state index is 12.0. The van der Waals surface area contributed by atoms with Gasteiger partial charge in [0.25, 0.3) is 5.91 Å². The summed E-state index contributed by atoms with van der Waals surface area (Å²) < 4.78 is 11.1. The molecule has 20 heavy (non-hydrogen) atoms. The maximum atomic E-state index is 12.0. The number of amides is 1. The Balaban J connectivity index is 1.59. The van der Waals surface area contributed by atoms with Gasteiger partial charge in [-0.1, -0.05) is 18.2 Å². The summed E-state index contributed by atoms with van der Waals surface area (Å²) in [7, 11) is 0. The van der Waals surface area contributed by atoms with Crippen molar-refractivity contribution in [2.45, 2.75) is 12.6 Å². The Hall–Kier alpha value is -2.56. The van der Waals surface area contributed by atoms with Crippen LogP contribution in [0.5, 0.6) is 11.5 Å². The fourth-order valence-electron chi connectivity index (χ4n) is 1.94. The number of ether oxygens (including phenoxy) is 2. The highest BCUT2D eigenvalue weighted by Gasteiger charge is 2.26. The van der Waals surface area contributed by atoms with Gasteiger partial charge in [-0.15, -0.1) is 0 Å². The van der Waals surface area contributed by atoms with E-state index in [4.69, 9.17) is 9.47 Å². The van der Waals surface area contributed by atoms with E-state index in [9.17, 15) is 4.79 Å². The molecule has 102 valence electrons. The normalized spacial score (nSPS) is 16.5. The number of benzene rings is 1. The molecule has 2 aromatic rings. The first-order valence-electron chi connectivity index (χ1n) is 6.39. The van der Waals surface area contributed by atoms with Crippen LogP contribution in [0.15, 0.2) is 48.7 Å². The van der Waals surface area contributed by atoms with Crippen molar-refractivity contribution in [3.05, 3.63) is 54.4 Å². The van der Waals surface area contributed by atoms with Crippen LogP contribution in [-0.4, -0.2) is 23.6 Å². The first kappa shape index (κ1) is 12.5. The van der Waals surface area contributed by atoms with Crippen LogP contribution in [0.2, 0.25) is 0 Å². The predicted octanol–water partition coefficient (Wildman–Crippen LogP) is 1.54. The molecule has 1 aromatic heterocycles. The van der Waals surface area contributed by atoms with Gasteiger partial charge in [0.05, 0.1) is 12.2 Å². The van der Waals surface area contributed by atoms with Crippen LogP contribution in [0, 0.1) is 0 Å². The number of nitrogens with zero attached hydrogens (tertiary/aromatic N) is 1. The third-order valence-electron chi connectivity index (χ3n) is 2.97. The van der Waals surface area contributed by atoms with Gasteiger partial charge >= 0.3 is 0 Å². The topological polar surface area (TPSA) is 60.5 Å². The number of aromatic nitrogens is 1. The quantitative estimate of drug-likeness (QED) is 0.919. The van der Waals surface area contributed by atoms with Crippen LogP contribution in [0.25, 0.3) is 0 Å². The lowest BCUT2D eigenvalue weighted by Gasteiger charge is -2.25. The number of carbonyl (C=O) groups is 1. The second kappa shape index (κ2) is 5.61. The van der Waals surface area contributed by atoms with E-state index >= 15 is 0 Å². The van der Waals surface area contributed by atoms with Gasteiger partial charge in [0.2, 0.25) is 6.10 Å². The Kier molecular flexibility index (Phi) is 3.50. The SMILES string of the molecule is O=C(NCc1ccccn1)[C@H]1COc2ccccc2O1. The van der Waals surface area contributed by atoms with Crippen molar-refractivity contribution in [3.8, 4) is 11.5 Å². The lowest BCUT2D eigenvalue weighted by Crippen LogP contribution is -2.43. The van der Waals surface area contributed by atoms with Crippen LogP contribution in [-0.2, 0) is 11.3 Å². The van der Waals surface area contributed by atoms with E-state index in [0.29, 0.717) is 18.0 Å². The van der Waals surface area contributed by atoms with Crippen molar-refractivity contribution in [2.75, 3.05) is 6.61 Å². The van der Waals surface area contributed by atoms with Crippen molar-refractivity contribution in [3.63, 3.8) is 0 Å². The summed E-state index contributed by atoms with van der Waals surface area (Å²) >= 11 is 0. The van der Waals surface area contributed by atoms with Crippen LogP contribution in [0.1, 0.15) is 5.69 Å². The molecular weight excluding hydrogens is 256 g/mol. The van der Waals surface area contributed by atoms with E-state index in [-0.39, 0.29) is 12.5 Å². The minimum Gasteiger partial charge on any atom is -0.485 e. The van der Waals surface area contributed by atoms with Gasteiger partial charge in [0.15, 0.2) is 11.5 Å². The molecule has 0 saturated carbocycles. The summed E-state index contributed by atoms with van der Waals surface area (Å²) in [6.07, 6.45) is 1.06. The molecule has 1 aromatic carbocycles. The van der Waals surface area contributed by atoms with Gasteiger partial charge in [-0.05, 0) is 24.3 Å². The first-order valence-corrected chi connectivity index (χ1v) is 6.39. The molecule has 1 amide bonds. The smallest absolute Gasteiger partial charge is 0.265 e. The molecule has 1 atom stereocenters. The average Bonchev–Trinajstić information content (AvgIpc) is 2.53. The highest BCUT2D eigenvalue weighted by atomic mass is 16.6. The maximum Gasteiger partial charge on any atom is 0.265 e. The Labute approximate surface area is 116 Å². The minimum atomic E-state index is -0.631. The molecule has 0 spiro atoms. The number of para-hydroxylation sites is 2. The van der Waals surface area contributed by atoms with Gasteiger partial charge < -0.3 is 14.8 Å². The van der Waals surface area contributed by atoms with Gasteiger partial charge in [-0.25, -0.2) is 0 Å². The van der Waals surface area contributed by atoms with Crippen molar-refractivity contribution in [1.29, 1.82) is 0 Å². The molecule has 0 radical (unpaired) electrons. The molecule has 0 bridgehead atoms. The summed E-state index contributed by atoms with van der Waals surface area (Å²) in [4.78, 5) is 16.2. The molecule has 0 fully saturated rings. The van der Waals surface area contributed by atoms with E-state index in [1.807, 2.05) is 36.4 Å². The van der Waals surface area contributed by atoms with Gasteiger partial charge in [-0.2, -0.15) is 0 Å². The van der Waals surface area contributed by atoms with E-state index in [1.165, 1.54) is 0 Å². The Morgan fingerprint density at radius 2 is 2.00 bits per heavy atom.